The fourth-order valence-corrected chi connectivity index (χ4v) is 5.54. The first-order valence-corrected chi connectivity index (χ1v) is 15.8. The van der Waals surface area contributed by atoms with Gasteiger partial charge in [-0.2, -0.15) is 31.2 Å². The van der Waals surface area contributed by atoms with Crippen molar-refractivity contribution < 1.29 is 63.9 Å². The van der Waals surface area contributed by atoms with Crippen molar-refractivity contribution in [3.63, 3.8) is 0 Å². The number of fused-ring (bicyclic) bond motifs is 3. The Hall–Kier alpha value is -4.67. The SMILES string of the molecule is CC(C)(C)OC(=O)N(C(=O)OC(C)(C)C)c1cc(C(F)(F)F)c2[n+]3c1-c1nnc(o1)C(OCc1ccccc1)(C(F)(F)F)C/C=C/CC3(C)CO2. The summed E-state index contributed by atoms with van der Waals surface area (Å²) in [5.74, 6) is -2.61. The van der Waals surface area contributed by atoms with E-state index in [1.807, 2.05) is 0 Å². The van der Waals surface area contributed by atoms with E-state index in [2.05, 4.69) is 10.2 Å². The van der Waals surface area contributed by atoms with Gasteiger partial charge in [0.15, 0.2) is 12.2 Å². The molecule has 3 aromatic rings. The van der Waals surface area contributed by atoms with Crippen LogP contribution in [0.5, 0.6) is 5.88 Å². The highest BCUT2D eigenvalue weighted by Gasteiger charge is 2.62. The molecule has 4 heterocycles. The molecule has 2 aliphatic rings. The van der Waals surface area contributed by atoms with Gasteiger partial charge in [0.2, 0.25) is 11.1 Å². The van der Waals surface area contributed by atoms with Crippen LogP contribution >= 0.6 is 0 Å². The first-order chi connectivity index (χ1) is 23.5. The molecule has 17 heteroatoms. The van der Waals surface area contributed by atoms with Gasteiger partial charge in [0.1, 0.15) is 16.9 Å². The van der Waals surface area contributed by atoms with Crippen LogP contribution in [0.1, 0.15) is 78.3 Å². The van der Waals surface area contributed by atoms with Crippen LogP contribution in [0.2, 0.25) is 0 Å². The number of imide groups is 1. The number of hydrogen-bond acceptors (Lipinski definition) is 9. The molecule has 5 rings (SSSR count). The van der Waals surface area contributed by atoms with E-state index in [9.17, 15) is 22.8 Å². The summed E-state index contributed by atoms with van der Waals surface area (Å²) in [5, 5.41) is 7.58. The lowest BCUT2D eigenvalue weighted by Gasteiger charge is -2.31. The Kier molecular flexibility index (Phi) is 9.45. The molecule has 0 fully saturated rings. The summed E-state index contributed by atoms with van der Waals surface area (Å²) in [6.45, 7) is 9.32. The minimum atomic E-state index is -5.16. The van der Waals surface area contributed by atoms with E-state index in [4.69, 9.17) is 23.4 Å². The van der Waals surface area contributed by atoms with Crippen molar-refractivity contribution in [3.8, 4) is 17.5 Å². The predicted molar refractivity (Wildman–Crippen MR) is 166 cm³/mol. The molecule has 51 heavy (non-hydrogen) atoms. The molecule has 2 bridgehead atoms. The predicted octanol–water partition coefficient (Wildman–Crippen LogP) is 8.15. The topological polar surface area (TPSA) is 117 Å². The number of anilines is 1. The summed E-state index contributed by atoms with van der Waals surface area (Å²) in [5.41, 5.74) is -9.59. The van der Waals surface area contributed by atoms with Crippen LogP contribution in [0, 0.1) is 0 Å². The van der Waals surface area contributed by atoms with Crippen molar-refractivity contribution in [3.05, 3.63) is 65.6 Å². The van der Waals surface area contributed by atoms with Gasteiger partial charge >= 0.3 is 36.3 Å². The van der Waals surface area contributed by atoms with Crippen LogP contribution < -0.4 is 14.2 Å². The molecule has 2 unspecified atom stereocenters. The zero-order valence-electron chi connectivity index (χ0n) is 28.9. The minimum Gasteiger partial charge on any atom is -0.443 e. The zero-order chi connectivity index (χ0) is 37.8. The smallest absolute Gasteiger partial charge is 0.426 e. The Balaban J connectivity index is 1.84. The third-order valence-electron chi connectivity index (χ3n) is 7.83. The molecule has 0 saturated carbocycles. The number of carbonyl (C=O) groups excluding carboxylic acids is 2. The highest BCUT2D eigenvalue weighted by molar-refractivity contribution is 6.11. The number of rotatable bonds is 4. The molecule has 1 aromatic carbocycles. The van der Waals surface area contributed by atoms with Crippen LogP contribution in [-0.4, -0.2) is 46.4 Å². The normalized spacial score (nSPS) is 21.2. The molecule has 0 spiro atoms. The van der Waals surface area contributed by atoms with E-state index < -0.39 is 101 Å². The Morgan fingerprint density at radius 2 is 1.49 bits per heavy atom. The molecule has 0 saturated heterocycles. The maximum Gasteiger partial charge on any atom is 0.426 e. The van der Waals surface area contributed by atoms with Crippen LogP contribution in [0.3, 0.4) is 0 Å². The molecule has 2 aromatic heterocycles. The summed E-state index contributed by atoms with van der Waals surface area (Å²) < 4.78 is 119. The van der Waals surface area contributed by atoms with Crippen molar-refractivity contribution in [2.24, 2.45) is 0 Å². The van der Waals surface area contributed by atoms with E-state index in [-0.39, 0.29) is 11.3 Å². The summed E-state index contributed by atoms with van der Waals surface area (Å²) in [6, 6.07) is 8.46. The Labute approximate surface area is 289 Å². The largest absolute Gasteiger partial charge is 0.443 e. The number of hydrogen-bond donors (Lipinski definition) is 0. The molecule has 276 valence electrons. The van der Waals surface area contributed by atoms with Crippen LogP contribution in [0.15, 0.2) is 53.0 Å². The van der Waals surface area contributed by atoms with Gasteiger partial charge in [-0.05, 0) is 53.2 Å². The number of alkyl halides is 6. The fourth-order valence-electron chi connectivity index (χ4n) is 5.54. The quantitative estimate of drug-likeness (QED) is 0.149. The number of benzene rings is 1. The van der Waals surface area contributed by atoms with E-state index >= 15 is 13.2 Å². The molecule has 2 amide bonds. The lowest BCUT2D eigenvalue weighted by atomic mass is 9.94. The summed E-state index contributed by atoms with van der Waals surface area (Å²) in [6.07, 6.45) is -11.7. The van der Waals surface area contributed by atoms with E-state index in [0.29, 0.717) is 11.6 Å². The lowest BCUT2D eigenvalue weighted by Crippen LogP contribution is -2.55. The van der Waals surface area contributed by atoms with Gasteiger partial charge in [-0.1, -0.05) is 42.5 Å². The maximum atomic E-state index is 15.2. The van der Waals surface area contributed by atoms with Crippen molar-refractivity contribution in [1.82, 2.24) is 10.2 Å². The van der Waals surface area contributed by atoms with Gasteiger partial charge in [0.25, 0.3) is 11.6 Å². The van der Waals surface area contributed by atoms with Gasteiger partial charge in [-0.25, -0.2) is 9.59 Å². The molecular weight excluding hydrogens is 690 g/mol. The van der Waals surface area contributed by atoms with E-state index in [0.717, 1.165) is 4.57 Å². The summed E-state index contributed by atoms with van der Waals surface area (Å²) in [4.78, 5) is 27.8. The lowest BCUT2D eigenvalue weighted by molar-refractivity contribution is -0.732. The van der Waals surface area contributed by atoms with E-state index in [1.165, 1.54) is 60.6 Å². The molecule has 11 nitrogen and oxygen atoms in total. The Morgan fingerprint density at radius 3 is 2.04 bits per heavy atom. The Bertz CT molecular complexity index is 1800. The average Bonchev–Trinajstić information content (AvgIpc) is 3.59. The van der Waals surface area contributed by atoms with Crippen molar-refractivity contribution in [2.75, 3.05) is 11.5 Å². The molecule has 2 atom stereocenters. The first kappa shape index (κ1) is 37.6. The molecular formula is C34H37F6N4O7+. The number of pyridine rings is 1. The van der Waals surface area contributed by atoms with Crippen molar-refractivity contribution >= 4 is 17.9 Å². The number of carbonyl (C=O) groups is 2. The number of halogens is 6. The zero-order valence-corrected chi connectivity index (χ0v) is 28.9. The highest BCUT2D eigenvalue weighted by atomic mass is 19.4. The van der Waals surface area contributed by atoms with Crippen LogP contribution in [-0.2, 0) is 38.1 Å². The third kappa shape index (κ3) is 7.53. The van der Waals surface area contributed by atoms with Gasteiger partial charge in [-0.15, -0.1) is 14.8 Å². The second kappa shape index (κ2) is 12.8. The summed E-state index contributed by atoms with van der Waals surface area (Å²) >= 11 is 0. The van der Waals surface area contributed by atoms with Gasteiger partial charge in [-0.3, -0.25) is 0 Å². The number of allylic oxidation sites excluding steroid dienone is 1. The second-order valence-electron chi connectivity index (χ2n) is 14.4. The van der Waals surface area contributed by atoms with Gasteiger partial charge in [0.05, 0.1) is 6.61 Å². The third-order valence-corrected chi connectivity index (χ3v) is 7.83. The standard InChI is InChI=1S/C34H37F6N4O7/c1-29(2,3)50-27(45)43(28(46)51-30(4,5)6)22-17-21(33(35,36)37)25-44-23(22)24-41-42-26(49-24)32(34(38,39)40,48-18-20-13-9-8-10-14-20)16-12-11-15-31(44,7)19-47-25/h8-14,17H,15-16,18-19H2,1-7H3/q+1/b12-11+. The minimum absolute atomic E-state index is 0.177. The number of nitrogens with zero attached hydrogens (tertiary/aromatic N) is 4. The maximum absolute atomic E-state index is 15.2. The van der Waals surface area contributed by atoms with Crippen LogP contribution in [0.25, 0.3) is 11.6 Å². The molecule has 0 aliphatic carbocycles. The number of amides is 2. The fraction of sp³-hybridized carbons (Fsp3) is 0.500. The average molecular weight is 728 g/mol. The van der Waals surface area contributed by atoms with Gasteiger partial charge < -0.3 is 23.4 Å². The highest BCUT2D eigenvalue weighted by Crippen LogP contribution is 2.49. The van der Waals surface area contributed by atoms with Gasteiger partial charge in [0, 0.05) is 19.8 Å². The molecule has 0 N–H and O–H groups in total. The second-order valence-corrected chi connectivity index (χ2v) is 14.4. The molecule has 0 radical (unpaired) electrons. The monoisotopic (exact) mass is 727 g/mol. The van der Waals surface area contributed by atoms with Crippen molar-refractivity contribution in [1.29, 1.82) is 0 Å². The van der Waals surface area contributed by atoms with Crippen molar-refractivity contribution in [2.45, 2.75) is 103 Å². The Morgan fingerprint density at radius 1 is 0.902 bits per heavy atom. The number of ether oxygens (including phenoxy) is 4. The number of aromatic nitrogens is 3. The summed E-state index contributed by atoms with van der Waals surface area (Å²) in [7, 11) is 0. The van der Waals surface area contributed by atoms with Crippen LogP contribution in [0.4, 0.5) is 41.6 Å². The molecule has 2 aliphatic heterocycles. The first-order valence-electron chi connectivity index (χ1n) is 15.8. The van der Waals surface area contributed by atoms with E-state index in [1.54, 1.807) is 30.3 Å².